The van der Waals surface area contributed by atoms with Gasteiger partial charge >= 0.3 is 0 Å². The first kappa shape index (κ1) is 19.3. The van der Waals surface area contributed by atoms with Gasteiger partial charge < -0.3 is 19.7 Å². The molecule has 2 heterocycles. The van der Waals surface area contributed by atoms with Crippen LogP contribution < -0.4 is 14.8 Å². The number of nitrogens with zero attached hydrogens (tertiary/aromatic N) is 1. The molecule has 152 valence electrons. The van der Waals surface area contributed by atoms with Crippen LogP contribution in [0.5, 0.6) is 11.5 Å². The molecule has 1 saturated heterocycles. The monoisotopic (exact) mass is 394 g/mol. The molecule has 1 fully saturated rings. The van der Waals surface area contributed by atoms with Crippen LogP contribution in [0, 0.1) is 6.92 Å². The predicted molar refractivity (Wildman–Crippen MR) is 109 cm³/mol. The highest BCUT2D eigenvalue weighted by molar-refractivity contribution is 5.94. The lowest BCUT2D eigenvalue weighted by atomic mass is 10.0. The number of likely N-dealkylation sites (tertiary alicyclic amines) is 1. The van der Waals surface area contributed by atoms with E-state index in [0.29, 0.717) is 31.7 Å². The SMILES string of the molecule is Cc1cccc(C(=O)NCCC(=O)N2CCCC2c2ccc3c(c2)OCCO3)c1. The van der Waals surface area contributed by atoms with Crippen molar-refractivity contribution < 1.29 is 19.1 Å². The topological polar surface area (TPSA) is 67.9 Å². The van der Waals surface area contributed by atoms with Crippen molar-refractivity contribution >= 4 is 11.8 Å². The summed E-state index contributed by atoms with van der Waals surface area (Å²) in [6.07, 6.45) is 2.19. The van der Waals surface area contributed by atoms with Gasteiger partial charge in [-0.1, -0.05) is 23.8 Å². The number of hydrogen-bond acceptors (Lipinski definition) is 4. The second kappa shape index (κ2) is 8.55. The largest absolute Gasteiger partial charge is 0.486 e. The molecule has 0 aliphatic carbocycles. The van der Waals surface area contributed by atoms with Gasteiger partial charge in [-0.2, -0.15) is 0 Å². The Morgan fingerprint density at radius 2 is 1.93 bits per heavy atom. The third-order valence-corrected chi connectivity index (χ3v) is 5.43. The maximum atomic E-state index is 12.8. The Hall–Kier alpha value is -3.02. The summed E-state index contributed by atoms with van der Waals surface area (Å²) < 4.78 is 11.3. The zero-order valence-electron chi connectivity index (χ0n) is 16.6. The first-order valence-electron chi connectivity index (χ1n) is 10.2. The van der Waals surface area contributed by atoms with Gasteiger partial charge in [0.1, 0.15) is 13.2 Å². The van der Waals surface area contributed by atoms with Crippen LogP contribution in [0.4, 0.5) is 0 Å². The Morgan fingerprint density at radius 3 is 2.76 bits per heavy atom. The number of ether oxygens (including phenoxy) is 2. The first-order valence-corrected chi connectivity index (χ1v) is 10.2. The second-order valence-corrected chi connectivity index (χ2v) is 7.52. The Labute approximate surface area is 170 Å². The molecule has 1 atom stereocenters. The van der Waals surface area contributed by atoms with Crippen LogP contribution in [-0.2, 0) is 4.79 Å². The summed E-state index contributed by atoms with van der Waals surface area (Å²) >= 11 is 0. The Bertz CT molecular complexity index is 912. The lowest BCUT2D eigenvalue weighted by Crippen LogP contribution is -2.34. The van der Waals surface area contributed by atoms with E-state index >= 15 is 0 Å². The second-order valence-electron chi connectivity index (χ2n) is 7.52. The Balaban J connectivity index is 1.35. The van der Waals surface area contributed by atoms with Crippen LogP contribution in [0.3, 0.4) is 0 Å². The summed E-state index contributed by atoms with van der Waals surface area (Å²) in [4.78, 5) is 27.0. The average molecular weight is 394 g/mol. The Morgan fingerprint density at radius 1 is 1.10 bits per heavy atom. The molecule has 0 aromatic heterocycles. The molecule has 6 nitrogen and oxygen atoms in total. The standard InChI is InChI=1S/C23H26N2O4/c1-16-4-2-5-18(14-16)23(27)24-10-9-22(26)25-11-3-6-19(25)17-7-8-20-21(15-17)29-13-12-28-20/h2,4-5,7-8,14-15,19H,3,6,9-13H2,1H3,(H,24,27). The quantitative estimate of drug-likeness (QED) is 0.845. The number of amides is 2. The number of nitrogens with one attached hydrogen (secondary N) is 1. The van der Waals surface area contributed by atoms with Crippen molar-refractivity contribution in [2.75, 3.05) is 26.3 Å². The first-order chi connectivity index (χ1) is 14.1. The van der Waals surface area contributed by atoms with Gasteiger partial charge in [0.15, 0.2) is 11.5 Å². The maximum absolute atomic E-state index is 12.8. The molecule has 29 heavy (non-hydrogen) atoms. The molecule has 2 aliphatic heterocycles. The summed E-state index contributed by atoms with van der Waals surface area (Å²) in [5.41, 5.74) is 2.73. The molecular formula is C23H26N2O4. The minimum atomic E-state index is -0.147. The van der Waals surface area contributed by atoms with E-state index in [0.717, 1.165) is 42.0 Å². The van der Waals surface area contributed by atoms with Gasteiger partial charge in [-0.05, 0) is 49.6 Å². The zero-order valence-corrected chi connectivity index (χ0v) is 16.6. The lowest BCUT2D eigenvalue weighted by Gasteiger charge is -2.27. The van der Waals surface area contributed by atoms with Gasteiger partial charge in [-0.15, -0.1) is 0 Å². The summed E-state index contributed by atoms with van der Waals surface area (Å²) in [6.45, 7) is 4.13. The van der Waals surface area contributed by atoms with Crippen molar-refractivity contribution in [3.63, 3.8) is 0 Å². The van der Waals surface area contributed by atoms with E-state index in [9.17, 15) is 9.59 Å². The highest BCUT2D eigenvalue weighted by atomic mass is 16.6. The summed E-state index contributed by atoms with van der Waals surface area (Å²) in [7, 11) is 0. The molecule has 0 bridgehead atoms. The van der Waals surface area contributed by atoms with E-state index in [-0.39, 0.29) is 17.9 Å². The Kier molecular flexibility index (Phi) is 5.69. The van der Waals surface area contributed by atoms with Crippen LogP contribution in [0.1, 0.15) is 46.8 Å². The molecule has 2 aromatic rings. The van der Waals surface area contributed by atoms with Crippen molar-refractivity contribution in [3.05, 3.63) is 59.2 Å². The molecular weight excluding hydrogens is 368 g/mol. The van der Waals surface area contributed by atoms with E-state index in [4.69, 9.17) is 9.47 Å². The van der Waals surface area contributed by atoms with Crippen LogP contribution in [0.25, 0.3) is 0 Å². The molecule has 0 radical (unpaired) electrons. The molecule has 2 amide bonds. The molecule has 0 saturated carbocycles. The minimum Gasteiger partial charge on any atom is -0.486 e. The van der Waals surface area contributed by atoms with Crippen molar-refractivity contribution in [1.82, 2.24) is 10.2 Å². The van der Waals surface area contributed by atoms with Gasteiger partial charge in [0, 0.05) is 25.1 Å². The van der Waals surface area contributed by atoms with Crippen molar-refractivity contribution in [3.8, 4) is 11.5 Å². The van der Waals surface area contributed by atoms with E-state index in [2.05, 4.69) is 5.32 Å². The molecule has 1 unspecified atom stereocenters. The molecule has 0 spiro atoms. The summed E-state index contributed by atoms with van der Waals surface area (Å²) in [6, 6.07) is 13.4. The number of rotatable bonds is 5. The third-order valence-electron chi connectivity index (χ3n) is 5.43. The van der Waals surface area contributed by atoms with Gasteiger partial charge in [0.05, 0.1) is 6.04 Å². The van der Waals surface area contributed by atoms with Gasteiger partial charge in [0.25, 0.3) is 5.91 Å². The fourth-order valence-electron chi connectivity index (χ4n) is 3.99. The molecule has 6 heteroatoms. The minimum absolute atomic E-state index is 0.0470. The molecule has 4 rings (SSSR count). The number of carbonyl (C=O) groups excluding carboxylic acids is 2. The van der Waals surface area contributed by atoms with E-state index in [1.807, 2.05) is 48.2 Å². The number of aryl methyl sites for hydroxylation is 1. The van der Waals surface area contributed by atoms with E-state index in [1.54, 1.807) is 6.07 Å². The fourth-order valence-corrected chi connectivity index (χ4v) is 3.99. The smallest absolute Gasteiger partial charge is 0.251 e. The third kappa shape index (κ3) is 4.36. The number of fused-ring (bicyclic) bond motifs is 1. The van der Waals surface area contributed by atoms with Crippen LogP contribution in [0.2, 0.25) is 0 Å². The highest BCUT2D eigenvalue weighted by Crippen LogP contribution is 2.38. The van der Waals surface area contributed by atoms with Gasteiger partial charge in [-0.3, -0.25) is 9.59 Å². The van der Waals surface area contributed by atoms with Crippen LogP contribution >= 0.6 is 0 Å². The summed E-state index contributed by atoms with van der Waals surface area (Å²) in [5.74, 6) is 1.42. The van der Waals surface area contributed by atoms with Crippen LogP contribution in [0.15, 0.2) is 42.5 Å². The molecule has 2 aromatic carbocycles. The predicted octanol–water partition coefficient (Wildman–Crippen LogP) is 3.25. The summed E-state index contributed by atoms with van der Waals surface area (Å²) in [5, 5.41) is 2.85. The molecule has 1 N–H and O–H groups in total. The highest BCUT2D eigenvalue weighted by Gasteiger charge is 2.30. The number of hydrogen-bond donors (Lipinski definition) is 1. The van der Waals surface area contributed by atoms with E-state index in [1.165, 1.54) is 0 Å². The van der Waals surface area contributed by atoms with Crippen LogP contribution in [-0.4, -0.2) is 43.0 Å². The van der Waals surface area contributed by atoms with Gasteiger partial charge in [-0.25, -0.2) is 0 Å². The zero-order chi connectivity index (χ0) is 20.2. The molecule has 2 aliphatic rings. The number of benzene rings is 2. The van der Waals surface area contributed by atoms with Crippen molar-refractivity contribution in [2.24, 2.45) is 0 Å². The normalized spacial score (nSPS) is 17.8. The number of carbonyl (C=O) groups is 2. The van der Waals surface area contributed by atoms with Crippen molar-refractivity contribution in [1.29, 1.82) is 0 Å². The van der Waals surface area contributed by atoms with E-state index < -0.39 is 0 Å². The van der Waals surface area contributed by atoms with Crippen molar-refractivity contribution in [2.45, 2.75) is 32.2 Å². The lowest BCUT2D eigenvalue weighted by molar-refractivity contribution is -0.132. The average Bonchev–Trinajstić information content (AvgIpc) is 3.23. The van der Waals surface area contributed by atoms with Gasteiger partial charge in [0.2, 0.25) is 5.91 Å². The fraction of sp³-hybridized carbons (Fsp3) is 0.391. The maximum Gasteiger partial charge on any atom is 0.251 e.